The van der Waals surface area contributed by atoms with E-state index in [0.29, 0.717) is 12.8 Å². The lowest BCUT2D eigenvalue weighted by molar-refractivity contribution is -0.172. The highest BCUT2D eigenvalue weighted by Gasteiger charge is 2.33. The number of ether oxygens (including phenoxy) is 2. The Morgan fingerprint density at radius 1 is 0.952 bits per heavy atom. The molecule has 0 aliphatic heterocycles. The normalized spacial score (nSPS) is 19.3. The summed E-state index contributed by atoms with van der Waals surface area (Å²) >= 11 is 5.27. The summed E-state index contributed by atoms with van der Waals surface area (Å²) in [6, 6.07) is 0. The van der Waals surface area contributed by atoms with Gasteiger partial charge < -0.3 is 9.47 Å². The van der Waals surface area contributed by atoms with Crippen LogP contribution in [0.15, 0.2) is 0 Å². The molecule has 0 aromatic rings. The molecule has 0 aromatic carbocycles. The highest BCUT2D eigenvalue weighted by atomic mass is 35.5. The Balaban J connectivity index is 2.55. The first-order chi connectivity index (χ1) is 10.1. The van der Waals surface area contributed by atoms with Crippen molar-refractivity contribution in [3.05, 3.63) is 0 Å². The second-order valence-electron chi connectivity index (χ2n) is 5.43. The third kappa shape index (κ3) is 6.93. The number of halogens is 1. The van der Waals surface area contributed by atoms with Crippen molar-refractivity contribution in [1.82, 2.24) is 0 Å². The van der Waals surface area contributed by atoms with Gasteiger partial charge in [0, 0.05) is 0 Å². The molecule has 0 N–H and O–H groups in total. The third-order valence-electron chi connectivity index (χ3n) is 3.69. The average molecular weight is 319 g/mol. The Kier molecular flexibility index (Phi) is 8.35. The zero-order valence-corrected chi connectivity index (χ0v) is 13.0. The number of aldehydes is 1. The molecule has 6 heteroatoms. The van der Waals surface area contributed by atoms with Crippen LogP contribution in [0.5, 0.6) is 0 Å². The number of hydrogen-bond donors (Lipinski definition) is 0. The van der Waals surface area contributed by atoms with Crippen molar-refractivity contribution in [3.8, 4) is 0 Å². The van der Waals surface area contributed by atoms with Gasteiger partial charge in [0.05, 0.1) is 0 Å². The molecule has 1 saturated carbocycles. The van der Waals surface area contributed by atoms with Crippen LogP contribution in [-0.2, 0) is 23.9 Å². The third-order valence-corrected chi connectivity index (χ3v) is 3.91. The van der Waals surface area contributed by atoms with Gasteiger partial charge in [0.2, 0.25) is 0 Å². The van der Waals surface area contributed by atoms with Crippen LogP contribution in [0.2, 0.25) is 0 Å². The quantitative estimate of drug-likeness (QED) is 0.443. The minimum atomic E-state index is -1.07. The topological polar surface area (TPSA) is 69.7 Å². The van der Waals surface area contributed by atoms with Crippen molar-refractivity contribution >= 4 is 29.8 Å². The van der Waals surface area contributed by atoms with Gasteiger partial charge in [0.1, 0.15) is 5.88 Å². The molecule has 5 nitrogen and oxygen atoms in total. The Labute approximate surface area is 130 Å². The Bertz CT molecular complexity index is 346. The molecule has 0 spiro atoms. The molecule has 0 amide bonds. The van der Waals surface area contributed by atoms with Crippen molar-refractivity contribution < 1.29 is 23.9 Å². The van der Waals surface area contributed by atoms with Crippen molar-refractivity contribution in [2.45, 2.75) is 63.4 Å². The predicted octanol–water partition coefficient (Wildman–Crippen LogP) is 2.77. The van der Waals surface area contributed by atoms with Gasteiger partial charge in [-0.15, -0.1) is 11.6 Å². The molecule has 0 radical (unpaired) electrons. The molecule has 1 rings (SSSR count). The number of rotatable bonds is 5. The lowest BCUT2D eigenvalue weighted by Gasteiger charge is -2.29. The minimum Gasteiger partial charge on any atom is -0.453 e. The van der Waals surface area contributed by atoms with E-state index in [0.717, 1.165) is 44.8 Å². The first kappa shape index (κ1) is 18.0. The second-order valence-corrected chi connectivity index (χ2v) is 5.69. The van der Waals surface area contributed by atoms with Crippen LogP contribution in [0.4, 0.5) is 0 Å². The second kappa shape index (κ2) is 9.77. The molecular weight excluding hydrogens is 296 g/mol. The van der Waals surface area contributed by atoms with Crippen LogP contribution >= 0.6 is 11.6 Å². The number of carbonyl (C=O) groups is 3. The van der Waals surface area contributed by atoms with Gasteiger partial charge in [0.15, 0.2) is 18.5 Å². The van der Waals surface area contributed by atoms with Crippen LogP contribution in [0, 0.1) is 0 Å². The fourth-order valence-corrected chi connectivity index (χ4v) is 2.61. The molecule has 120 valence electrons. The van der Waals surface area contributed by atoms with Crippen molar-refractivity contribution in [1.29, 1.82) is 0 Å². The number of esters is 2. The lowest BCUT2D eigenvalue weighted by Crippen LogP contribution is -2.38. The van der Waals surface area contributed by atoms with E-state index in [-0.39, 0.29) is 5.88 Å². The van der Waals surface area contributed by atoms with E-state index in [1.54, 1.807) is 0 Å². The molecule has 0 atom stereocenters. The molecule has 1 aliphatic carbocycles. The zero-order chi connectivity index (χ0) is 15.6. The minimum absolute atomic E-state index is 0.313. The summed E-state index contributed by atoms with van der Waals surface area (Å²) < 4.78 is 9.95. The van der Waals surface area contributed by atoms with Crippen molar-refractivity contribution in [3.63, 3.8) is 0 Å². The summed E-state index contributed by atoms with van der Waals surface area (Å²) in [4.78, 5) is 34.1. The average Bonchev–Trinajstić information content (AvgIpc) is 2.51. The lowest BCUT2D eigenvalue weighted by atomic mass is 9.89. The molecule has 21 heavy (non-hydrogen) atoms. The summed E-state index contributed by atoms with van der Waals surface area (Å²) in [5.74, 6) is -1.69. The van der Waals surface area contributed by atoms with Gasteiger partial charge in [-0.05, 0) is 25.7 Å². The summed E-state index contributed by atoms with van der Waals surface area (Å²) in [7, 11) is 0. The maximum atomic E-state index is 11.7. The Morgan fingerprint density at radius 2 is 1.48 bits per heavy atom. The SMILES string of the molecule is O=CC1(OC(=O)COC(=O)CCl)CCCCCCCCC1. The predicted molar refractivity (Wildman–Crippen MR) is 78.1 cm³/mol. The summed E-state index contributed by atoms with van der Waals surface area (Å²) in [5.41, 5.74) is -1.07. The van der Waals surface area contributed by atoms with Gasteiger partial charge in [-0.25, -0.2) is 4.79 Å². The van der Waals surface area contributed by atoms with Gasteiger partial charge in [0.25, 0.3) is 0 Å². The molecular formula is C15H23ClO5. The fourth-order valence-electron chi connectivity index (χ4n) is 2.54. The van der Waals surface area contributed by atoms with Gasteiger partial charge >= 0.3 is 11.9 Å². The maximum Gasteiger partial charge on any atom is 0.345 e. The van der Waals surface area contributed by atoms with E-state index >= 15 is 0 Å². The number of alkyl halides is 1. The first-order valence-corrected chi connectivity index (χ1v) is 8.05. The van der Waals surface area contributed by atoms with E-state index in [4.69, 9.17) is 16.3 Å². The van der Waals surface area contributed by atoms with Gasteiger partial charge in [-0.3, -0.25) is 9.59 Å². The van der Waals surface area contributed by atoms with Crippen molar-refractivity contribution in [2.75, 3.05) is 12.5 Å². The Hall–Kier alpha value is -1.10. The molecule has 0 bridgehead atoms. The molecule has 0 heterocycles. The molecule has 0 aromatic heterocycles. The smallest absolute Gasteiger partial charge is 0.345 e. The highest BCUT2D eigenvalue weighted by Crippen LogP contribution is 2.27. The number of hydrogen-bond acceptors (Lipinski definition) is 5. The molecule has 1 aliphatic rings. The van der Waals surface area contributed by atoms with E-state index < -0.39 is 24.1 Å². The van der Waals surface area contributed by atoms with E-state index in [2.05, 4.69) is 4.74 Å². The van der Waals surface area contributed by atoms with Crippen LogP contribution in [-0.4, -0.2) is 36.3 Å². The first-order valence-electron chi connectivity index (χ1n) is 7.52. The summed E-state index contributed by atoms with van der Waals surface area (Å²) in [6.07, 6.45) is 9.10. The van der Waals surface area contributed by atoms with Gasteiger partial charge in [-0.1, -0.05) is 32.1 Å². The standard InChI is InChI=1S/C15H23ClO5/c16-10-13(18)20-11-14(19)21-15(12-17)8-6-4-2-1-3-5-7-9-15/h12H,1-11H2. The maximum absolute atomic E-state index is 11.7. The Morgan fingerprint density at radius 3 is 1.95 bits per heavy atom. The van der Waals surface area contributed by atoms with Gasteiger partial charge in [-0.2, -0.15) is 0 Å². The summed E-state index contributed by atoms with van der Waals surface area (Å²) in [6.45, 7) is -0.499. The van der Waals surface area contributed by atoms with E-state index in [1.165, 1.54) is 6.42 Å². The largest absolute Gasteiger partial charge is 0.453 e. The van der Waals surface area contributed by atoms with Crippen molar-refractivity contribution in [2.24, 2.45) is 0 Å². The number of carbonyl (C=O) groups excluding carboxylic acids is 3. The fraction of sp³-hybridized carbons (Fsp3) is 0.800. The molecule has 1 fully saturated rings. The van der Waals surface area contributed by atoms with Crippen LogP contribution in [0.25, 0.3) is 0 Å². The van der Waals surface area contributed by atoms with Crippen LogP contribution < -0.4 is 0 Å². The van der Waals surface area contributed by atoms with E-state index in [1.807, 2.05) is 0 Å². The molecule has 0 unspecified atom stereocenters. The molecule has 0 saturated heterocycles. The van der Waals surface area contributed by atoms with Crippen LogP contribution in [0.3, 0.4) is 0 Å². The van der Waals surface area contributed by atoms with Crippen LogP contribution in [0.1, 0.15) is 57.8 Å². The zero-order valence-electron chi connectivity index (χ0n) is 12.3. The monoisotopic (exact) mass is 318 g/mol. The summed E-state index contributed by atoms with van der Waals surface area (Å²) in [5, 5.41) is 0. The van der Waals surface area contributed by atoms with E-state index in [9.17, 15) is 14.4 Å². The highest BCUT2D eigenvalue weighted by molar-refractivity contribution is 6.26.